The molecule has 4 N–H and O–H groups in total. The number of likely N-dealkylation sites (N-methyl/N-ethyl adjacent to an activating group) is 2. The van der Waals surface area contributed by atoms with Crippen molar-refractivity contribution < 1.29 is 96.4 Å². The molecule has 4 fully saturated rings. The van der Waals surface area contributed by atoms with E-state index in [2.05, 4.69) is 0 Å². The van der Waals surface area contributed by atoms with Crippen molar-refractivity contribution in [2.45, 2.75) is 229 Å². The summed E-state index contributed by atoms with van der Waals surface area (Å²) in [6.07, 6.45) is -3.76. The minimum atomic E-state index is -1.86. The highest BCUT2D eigenvalue weighted by Crippen LogP contribution is 2.58. The third-order valence-corrected chi connectivity index (χ3v) is 17.6. The van der Waals surface area contributed by atoms with E-state index in [1.807, 2.05) is 65.7 Å². The Hall–Kier alpha value is -4.60. The van der Waals surface area contributed by atoms with Gasteiger partial charge in [-0.1, -0.05) is 19.1 Å². The molecule has 0 aromatic heterocycles. The summed E-state index contributed by atoms with van der Waals surface area (Å²) < 4.78 is 77.0. The summed E-state index contributed by atoms with van der Waals surface area (Å²) in [6.45, 7) is 12.6. The van der Waals surface area contributed by atoms with E-state index in [-0.39, 0.29) is 96.0 Å². The van der Waals surface area contributed by atoms with Crippen molar-refractivity contribution in [3.8, 4) is 17.2 Å². The van der Waals surface area contributed by atoms with Crippen LogP contribution in [0.4, 0.5) is 0 Å². The van der Waals surface area contributed by atoms with Crippen LogP contribution in [0.15, 0.2) is 42.5 Å². The van der Waals surface area contributed by atoms with E-state index < -0.39 is 132 Å². The fourth-order valence-corrected chi connectivity index (χ4v) is 12.9. The molecular weight excluding hydrogens is 1070 g/mol. The van der Waals surface area contributed by atoms with Crippen molar-refractivity contribution in [2.75, 3.05) is 28.2 Å². The maximum atomic E-state index is 14.5. The Morgan fingerprint density at radius 1 is 0.561 bits per heavy atom. The van der Waals surface area contributed by atoms with Crippen molar-refractivity contribution in [3.05, 3.63) is 75.9 Å². The lowest BCUT2D eigenvalue weighted by Gasteiger charge is -2.50. The number of phenolic OH excluding ortho intramolecular Hbond substituents is 3. The molecule has 0 radical (unpaired) electrons. The van der Waals surface area contributed by atoms with Gasteiger partial charge in [0.15, 0.2) is 55.1 Å². The highest BCUT2D eigenvalue weighted by atomic mass is 16.8. The first kappa shape index (κ1) is 60.5. The first-order chi connectivity index (χ1) is 38.9. The number of carbonyl (C=O) groups is 4. The van der Waals surface area contributed by atoms with Crippen LogP contribution in [0.3, 0.4) is 0 Å². The Bertz CT molecular complexity index is 2790. The molecule has 6 heterocycles. The summed E-state index contributed by atoms with van der Waals surface area (Å²) in [5.74, 6) is -3.83. The van der Waals surface area contributed by atoms with Gasteiger partial charge in [0.1, 0.15) is 47.8 Å². The summed E-state index contributed by atoms with van der Waals surface area (Å²) in [7, 11) is 7.62. The quantitative estimate of drug-likeness (QED) is 0.133. The Morgan fingerprint density at radius 2 is 1.04 bits per heavy atom. The topological polar surface area (TPSA) is 266 Å². The van der Waals surface area contributed by atoms with Crippen LogP contribution in [-0.2, 0) is 66.4 Å². The predicted octanol–water partition coefficient (Wildman–Crippen LogP) is 5.70. The third kappa shape index (κ3) is 11.9. The molecule has 2 aromatic rings. The van der Waals surface area contributed by atoms with E-state index in [1.54, 1.807) is 32.9 Å². The zero-order valence-corrected chi connectivity index (χ0v) is 48.5. The van der Waals surface area contributed by atoms with Crippen LogP contribution in [0, 0.1) is 0 Å². The number of fused-ring (bicyclic) bond motifs is 3. The number of phenols is 3. The molecule has 6 aliphatic heterocycles. The average molecular weight is 1150 g/mol. The van der Waals surface area contributed by atoms with Crippen molar-refractivity contribution in [3.63, 3.8) is 0 Å². The predicted molar refractivity (Wildman–Crippen MR) is 289 cm³/mol. The second-order valence-electron chi connectivity index (χ2n) is 23.6. The molecule has 0 bridgehead atoms. The fraction of sp³-hybridized carbons (Fsp3) is 0.667. The van der Waals surface area contributed by atoms with E-state index in [0.717, 1.165) is 0 Å². The summed E-state index contributed by atoms with van der Waals surface area (Å²) in [5.41, 5.74) is -3.67. The van der Waals surface area contributed by atoms with E-state index in [9.17, 15) is 39.6 Å². The number of carbonyl (C=O) groups excluding carboxylic acids is 4. The number of aromatic hydroxyl groups is 3. The van der Waals surface area contributed by atoms with Crippen LogP contribution >= 0.6 is 0 Å². The molecule has 4 saturated heterocycles. The van der Waals surface area contributed by atoms with Crippen LogP contribution in [0.2, 0.25) is 0 Å². The molecule has 21 unspecified atom stereocenters. The number of ether oxygens (including phenoxy) is 12. The van der Waals surface area contributed by atoms with Gasteiger partial charge in [-0.3, -0.25) is 19.2 Å². The van der Waals surface area contributed by atoms with Crippen LogP contribution in [0.1, 0.15) is 155 Å². The number of ketones is 4. The van der Waals surface area contributed by atoms with Gasteiger partial charge in [0.2, 0.25) is 5.78 Å². The summed E-state index contributed by atoms with van der Waals surface area (Å²) in [6, 6.07) is 3.35. The van der Waals surface area contributed by atoms with Gasteiger partial charge in [-0.25, -0.2) is 0 Å². The number of hydrogen-bond acceptors (Lipinski definition) is 22. The second kappa shape index (κ2) is 24.4. The largest absolute Gasteiger partial charge is 0.507 e. The minimum absolute atomic E-state index is 0.0260. The van der Waals surface area contributed by atoms with E-state index in [4.69, 9.17) is 56.8 Å². The lowest BCUT2D eigenvalue weighted by atomic mass is 9.70. The van der Waals surface area contributed by atoms with Gasteiger partial charge in [0, 0.05) is 60.9 Å². The van der Waals surface area contributed by atoms with Crippen molar-refractivity contribution in [1.82, 2.24) is 9.80 Å². The number of hydrogen-bond donors (Lipinski definition) is 4. The standard InChI is InChI=1S/C60H80N2O20/c1-12-60(70)26-41(79-46-24-34(61(8)9)57(31(6)75-46)80-44-22-18-39(29(4)73-44)77-42-20-16-36(63)27(2)71-42)49-52(56(69)50-51(55(49)68)54(67)48-33(53(50)66)14-13-15-38(48)65)59(60)82-47-25-35(62(10)11)58(32(7)76-47)81-45-23-19-40(30(5)74-45)78-43-21-17-37(64)28(3)72-43/h13-17,20-21,27-32,34-35,39-47,57-59,65,68-70H,12,18-19,22-26H2,1-11H3. The Labute approximate surface area is 477 Å². The monoisotopic (exact) mass is 1150 g/mol. The SMILES string of the molecule is CCC1(O)CC(OC2CC(N(C)C)C(OC3CCC(OC4C=CC(=O)C(C)O4)C(C)O3)C(C)O2)c2c(O)c3c(c(O)c2C1OC1CC(N(C)C)C(OC2CCC(OC4C=CC(=O)C(C)O4)C(C)O2)C(C)O1)C(=O)c1cccc(O)c1C3=O. The highest BCUT2D eigenvalue weighted by Gasteiger charge is 2.55. The third-order valence-electron chi connectivity index (χ3n) is 17.6. The van der Waals surface area contributed by atoms with Crippen LogP contribution in [0.5, 0.6) is 17.2 Å². The minimum Gasteiger partial charge on any atom is -0.507 e. The number of rotatable bonds is 15. The molecule has 22 heteroatoms. The molecule has 2 aliphatic carbocycles. The lowest BCUT2D eigenvalue weighted by Crippen LogP contribution is -2.57. The van der Waals surface area contributed by atoms with Gasteiger partial charge in [-0.15, -0.1) is 0 Å². The Kier molecular flexibility index (Phi) is 18.0. The molecule has 450 valence electrons. The summed E-state index contributed by atoms with van der Waals surface area (Å²) >= 11 is 0. The van der Waals surface area contributed by atoms with Gasteiger partial charge in [0.25, 0.3) is 0 Å². The first-order valence-corrected chi connectivity index (χ1v) is 28.8. The Morgan fingerprint density at radius 3 is 1.51 bits per heavy atom. The maximum Gasteiger partial charge on any atom is 0.202 e. The van der Waals surface area contributed by atoms with Crippen molar-refractivity contribution in [1.29, 1.82) is 0 Å². The van der Waals surface area contributed by atoms with Gasteiger partial charge < -0.3 is 87.1 Å². The average Bonchev–Trinajstić information content (AvgIpc) is 3.62. The molecule has 21 atom stereocenters. The molecule has 2 aromatic carbocycles. The molecule has 8 aliphatic rings. The van der Waals surface area contributed by atoms with Crippen LogP contribution in [-0.4, -0.2) is 198 Å². The zero-order chi connectivity index (χ0) is 58.8. The number of nitrogens with zero attached hydrogens (tertiary/aromatic N) is 2. The fourth-order valence-electron chi connectivity index (χ4n) is 12.9. The zero-order valence-electron chi connectivity index (χ0n) is 48.5. The second-order valence-corrected chi connectivity index (χ2v) is 23.6. The summed E-state index contributed by atoms with van der Waals surface area (Å²) in [5, 5.41) is 49.3. The first-order valence-electron chi connectivity index (χ1n) is 28.8. The van der Waals surface area contributed by atoms with Gasteiger partial charge >= 0.3 is 0 Å². The van der Waals surface area contributed by atoms with Crippen molar-refractivity contribution in [2.24, 2.45) is 0 Å². The van der Waals surface area contributed by atoms with Crippen LogP contribution < -0.4 is 0 Å². The molecule has 82 heavy (non-hydrogen) atoms. The number of aliphatic hydroxyl groups is 1. The normalized spacial score (nSPS) is 39.6. The molecule has 10 rings (SSSR count). The molecule has 0 spiro atoms. The molecule has 22 nitrogen and oxygen atoms in total. The number of benzene rings is 2. The van der Waals surface area contributed by atoms with Crippen molar-refractivity contribution >= 4 is 23.1 Å². The van der Waals surface area contributed by atoms with E-state index in [1.165, 1.54) is 30.4 Å². The summed E-state index contributed by atoms with van der Waals surface area (Å²) in [4.78, 5) is 57.0. The highest BCUT2D eigenvalue weighted by molar-refractivity contribution is 6.31. The maximum absolute atomic E-state index is 14.5. The van der Waals surface area contributed by atoms with E-state index in [0.29, 0.717) is 25.7 Å². The van der Waals surface area contributed by atoms with Crippen LogP contribution in [0.25, 0.3) is 0 Å². The van der Waals surface area contributed by atoms with Gasteiger partial charge in [-0.2, -0.15) is 0 Å². The van der Waals surface area contributed by atoms with Gasteiger partial charge in [0.05, 0.1) is 65.0 Å². The molecule has 0 saturated carbocycles. The lowest BCUT2D eigenvalue weighted by molar-refractivity contribution is -0.320. The molecule has 0 amide bonds. The Balaban J connectivity index is 0.891. The smallest absolute Gasteiger partial charge is 0.202 e. The molecular formula is C60H80N2O20. The van der Waals surface area contributed by atoms with E-state index >= 15 is 0 Å². The van der Waals surface area contributed by atoms with Gasteiger partial charge in [-0.05, 0) is 119 Å².